The molecule has 0 radical (unpaired) electrons. The van der Waals surface area contributed by atoms with Crippen molar-refractivity contribution in [2.75, 3.05) is 78.2 Å². The zero-order valence-electron chi connectivity index (χ0n) is 16.0. The van der Waals surface area contributed by atoms with Crippen LogP contribution in [0.25, 0.3) is 0 Å². The van der Waals surface area contributed by atoms with Gasteiger partial charge in [-0.3, -0.25) is 4.90 Å². The highest BCUT2D eigenvalue weighted by Crippen LogP contribution is 2.13. The van der Waals surface area contributed by atoms with Crippen LogP contribution >= 0.6 is 37.7 Å². The van der Waals surface area contributed by atoms with Gasteiger partial charge in [0.1, 0.15) is 0 Å². The van der Waals surface area contributed by atoms with E-state index in [1.165, 1.54) is 25.7 Å². The Labute approximate surface area is 177 Å². The summed E-state index contributed by atoms with van der Waals surface area (Å²) in [6, 6.07) is 0. The molecule has 1 aliphatic rings. The largest absolute Gasteiger partial charge is 0.378 e. The minimum Gasteiger partial charge on any atom is -0.378 e. The molecule has 158 valence electrons. The third-order valence-corrected chi connectivity index (χ3v) is 4.97. The van der Waals surface area contributed by atoms with Crippen LogP contribution in [0.5, 0.6) is 0 Å². The minimum absolute atomic E-state index is 0. The Morgan fingerprint density at radius 1 is 0.692 bits per heavy atom. The smallest absolute Gasteiger partial charge is 0.0701 e. The molecule has 0 saturated carbocycles. The van der Waals surface area contributed by atoms with Crippen molar-refractivity contribution >= 4 is 37.7 Å². The molecule has 0 aromatic carbocycles. The van der Waals surface area contributed by atoms with E-state index in [-0.39, 0.29) is 12.4 Å². The summed E-state index contributed by atoms with van der Waals surface area (Å²) >= 11 is 8.86. The van der Waals surface area contributed by atoms with E-state index in [1.54, 1.807) is 0 Å². The second-order valence-electron chi connectivity index (χ2n) is 6.31. The molecule has 1 heterocycles. The third-order valence-electron chi connectivity index (χ3n) is 4.19. The number of thiol groups is 2. The zero-order valence-corrected chi connectivity index (χ0v) is 18.6. The molecule has 1 atom stereocenters. The Hall–Kier alpha value is 0.790. The average molecular weight is 432 g/mol. The Morgan fingerprint density at radius 3 is 1.69 bits per heavy atom. The van der Waals surface area contributed by atoms with Crippen LogP contribution in [0.4, 0.5) is 0 Å². The number of nitrogens with zero attached hydrogens (tertiary/aromatic N) is 1. The second kappa shape index (κ2) is 20.5. The van der Waals surface area contributed by atoms with Gasteiger partial charge < -0.3 is 18.9 Å². The maximum Gasteiger partial charge on any atom is 0.0701 e. The van der Waals surface area contributed by atoms with Crippen molar-refractivity contribution in [3.05, 3.63) is 0 Å². The molecule has 1 aliphatic heterocycles. The van der Waals surface area contributed by atoms with Crippen molar-refractivity contribution < 1.29 is 18.9 Å². The lowest BCUT2D eigenvalue weighted by Crippen LogP contribution is -2.32. The molecule has 1 saturated heterocycles. The summed E-state index contributed by atoms with van der Waals surface area (Å²) in [7, 11) is 0. The summed E-state index contributed by atoms with van der Waals surface area (Å²) < 4.78 is 22.2. The first-order valence-corrected chi connectivity index (χ1v) is 10.8. The fourth-order valence-corrected chi connectivity index (χ4v) is 3.50. The van der Waals surface area contributed by atoms with Gasteiger partial charge in [0.05, 0.1) is 52.9 Å². The van der Waals surface area contributed by atoms with Crippen LogP contribution in [0.2, 0.25) is 0 Å². The Kier molecular flexibility index (Phi) is 21.1. The second-order valence-corrected chi connectivity index (χ2v) is 7.48. The number of hydrogen-bond acceptors (Lipinski definition) is 7. The van der Waals surface area contributed by atoms with E-state index in [1.807, 2.05) is 0 Å². The molecule has 0 amide bonds. The van der Waals surface area contributed by atoms with Crippen molar-refractivity contribution in [1.82, 2.24) is 4.90 Å². The van der Waals surface area contributed by atoms with Gasteiger partial charge in [0.25, 0.3) is 0 Å². The van der Waals surface area contributed by atoms with Gasteiger partial charge in [0, 0.05) is 18.3 Å². The van der Waals surface area contributed by atoms with Crippen LogP contribution in [0.3, 0.4) is 0 Å². The van der Waals surface area contributed by atoms with Crippen LogP contribution in [0.1, 0.15) is 32.1 Å². The lowest BCUT2D eigenvalue weighted by molar-refractivity contribution is 0.00206. The van der Waals surface area contributed by atoms with Crippen molar-refractivity contribution in [2.45, 2.75) is 37.4 Å². The van der Waals surface area contributed by atoms with E-state index in [2.05, 4.69) is 30.2 Å². The van der Waals surface area contributed by atoms with Crippen molar-refractivity contribution in [2.24, 2.45) is 0 Å². The normalized spacial score (nSPS) is 20.5. The molecule has 1 fully saturated rings. The average Bonchev–Trinajstić information content (AvgIpc) is 2.61. The quantitative estimate of drug-likeness (QED) is 0.456. The highest BCUT2D eigenvalue weighted by molar-refractivity contribution is 7.81. The molecule has 26 heavy (non-hydrogen) atoms. The fraction of sp³-hybridized carbons (Fsp3) is 1.00. The molecule has 5 nitrogen and oxygen atoms in total. The molecule has 0 aromatic rings. The van der Waals surface area contributed by atoms with Gasteiger partial charge in [0.2, 0.25) is 0 Å². The van der Waals surface area contributed by atoms with Crippen LogP contribution in [-0.2, 0) is 18.9 Å². The monoisotopic (exact) mass is 431 g/mol. The topological polar surface area (TPSA) is 40.2 Å². The van der Waals surface area contributed by atoms with E-state index in [9.17, 15) is 0 Å². The predicted octanol–water partition coefficient (Wildman–Crippen LogP) is 2.97. The van der Waals surface area contributed by atoms with Gasteiger partial charge >= 0.3 is 0 Å². The van der Waals surface area contributed by atoms with E-state index < -0.39 is 0 Å². The van der Waals surface area contributed by atoms with Gasteiger partial charge in [-0.15, -0.1) is 12.4 Å². The summed E-state index contributed by atoms with van der Waals surface area (Å²) in [6.45, 7) is 8.33. The number of ether oxygens (including phenoxy) is 4. The summed E-state index contributed by atoms with van der Waals surface area (Å²) in [6.07, 6.45) is 6.00. The maximum absolute atomic E-state index is 5.66. The molecule has 0 aromatic heterocycles. The summed E-state index contributed by atoms with van der Waals surface area (Å²) in [5.41, 5.74) is 0. The lowest BCUT2D eigenvalue weighted by atomic mass is 10.1. The first-order valence-electron chi connectivity index (χ1n) is 9.65. The number of unbranched alkanes of at least 4 members (excludes halogenated alkanes) is 2. The Bertz CT molecular complexity index is 278. The zero-order chi connectivity index (χ0) is 18.0. The molecular weight excluding hydrogens is 394 g/mol. The van der Waals surface area contributed by atoms with Gasteiger partial charge in [0.15, 0.2) is 0 Å². The van der Waals surface area contributed by atoms with Gasteiger partial charge in [-0.2, -0.15) is 25.3 Å². The van der Waals surface area contributed by atoms with E-state index in [0.29, 0.717) is 44.9 Å². The predicted molar refractivity (Wildman–Crippen MR) is 117 cm³/mol. The highest BCUT2D eigenvalue weighted by atomic mass is 35.5. The fourth-order valence-electron chi connectivity index (χ4n) is 2.67. The first kappa shape index (κ1) is 26.8. The summed E-state index contributed by atoms with van der Waals surface area (Å²) in [4.78, 5) is 2.44. The molecule has 1 unspecified atom stereocenters. The SMILES string of the molecule is Cl.SCCC(S)CCCCCN1CCOCCOCCOCCOCC1. The minimum atomic E-state index is 0. The molecular formula is C18H38ClNO4S2. The van der Waals surface area contributed by atoms with Crippen molar-refractivity contribution in [1.29, 1.82) is 0 Å². The van der Waals surface area contributed by atoms with E-state index >= 15 is 0 Å². The summed E-state index contributed by atoms with van der Waals surface area (Å²) in [5.74, 6) is 0.929. The van der Waals surface area contributed by atoms with Crippen LogP contribution < -0.4 is 0 Å². The standard InChI is InChI=1S/C18H37NO4S2.ClH/c24-17-5-18(25)4-2-1-3-6-19-7-9-20-11-13-22-15-16-23-14-12-21-10-8-19;/h18,24-25H,1-17H2;1H. The number of hydrogen-bond donors (Lipinski definition) is 2. The molecule has 0 aliphatic carbocycles. The first-order chi connectivity index (χ1) is 12.3. The molecule has 0 N–H and O–H groups in total. The van der Waals surface area contributed by atoms with Crippen LogP contribution in [0, 0.1) is 0 Å². The summed E-state index contributed by atoms with van der Waals surface area (Å²) in [5, 5.41) is 0.502. The molecule has 0 bridgehead atoms. The van der Waals surface area contributed by atoms with Gasteiger partial charge in [-0.05, 0) is 31.6 Å². The lowest BCUT2D eigenvalue weighted by Gasteiger charge is -2.22. The van der Waals surface area contributed by atoms with Crippen molar-refractivity contribution in [3.63, 3.8) is 0 Å². The Morgan fingerprint density at radius 2 is 1.19 bits per heavy atom. The maximum atomic E-state index is 5.66. The van der Waals surface area contributed by atoms with Crippen LogP contribution in [0.15, 0.2) is 0 Å². The Balaban J connectivity index is 0.00000625. The molecule has 1 rings (SSSR count). The third kappa shape index (κ3) is 16.9. The highest BCUT2D eigenvalue weighted by Gasteiger charge is 2.07. The van der Waals surface area contributed by atoms with Crippen LogP contribution in [-0.4, -0.2) is 88.4 Å². The van der Waals surface area contributed by atoms with Gasteiger partial charge in [-0.25, -0.2) is 0 Å². The number of halogens is 1. The van der Waals surface area contributed by atoms with E-state index in [4.69, 9.17) is 18.9 Å². The molecule has 0 spiro atoms. The van der Waals surface area contributed by atoms with Crippen molar-refractivity contribution in [3.8, 4) is 0 Å². The van der Waals surface area contributed by atoms with Gasteiger partial charge in [-0.1, -0.05) is 12.8 Å². The van der Waals surface area contributed by atoms with E-state index in [0.717, 1.165) is 45.0 Å². The molecule has 8 heteroatoms. The number of rotatable bonds is 8.